The van der Waals surface area contributed by atoms with Crippen LogP contribution in [-0.2, 0) is 19.1 Å². The first-order valence-corrected chi connectivity index (χ1v) is 5.52. The van der Waals surface area contributed by atoms with Gasteiger partial charge in [0.1, 0.15) is 6.23 Å². The van der Waals surface area contributed by atoms with E-state index in [9.17, 15) is 13.2 Å². The number of nitrogens with one attached hydrogen (secondary N) is 1. The van der Waals surface area contributed by atoms with E-state index in [1.165, 1.54) is 0 Å². The lowest BCUT2D eigenvalue weighted by atomic mass is 10.4. The molecule has 0 aromatic heterocycles. The number of rotatable bonds is 5. The molecule has 1 atom stereocenters. The van der Waals surface area contributed by atoms with E-state index in [0.29, 0.717) is 6.42 Å². The summed E-state index contributed by atoms with van der Waals surface area (Å²) in [5.74, 6) is -0.462. The van der Waals surface area contributed by atoms with Gasteiger partial charge in [-0.05, 0) is 12.5 Å². The van der Waals surface area contributed by atoms with Gasteiger partial charge in [0.05, 0.1) is 6.26 Å². The van der Waals surface area contributed by atoms with Crippen LogP contribution in [0.1, 0.15) is 13.3 Å². The van der Waals surface area contributed by atoms with Gasteiger partial charge in [0.25, 0.3) is 10.1 Å². The summed E-state index contributed by atoms with van der Waals surface area (Å²) < 4.78 is 25.9. The lowest BCUT2D eigenvalue weighted by Crippen LogP contribution is -2.36. The molecule has 0 saturated carbocycles. The van der Waals surface area contributed by atoms with Crippen LogP contribution in [0.15, 0.2) is 12.7 Å². The Morgan fingerprint density at radius 1 is 1.69 bits per heavy atom. The fourth-order valence-corrected chi connectivity index (χ4v) is 1.23. The van der Waals surface area contributed by atoms with Crippen LogP contribution in [0, 0.1) is 0 Å². The first kappa shape index (κ1) is 12.1. The number of carbonyl (C=O) groups excluding carboxylic acids is 1. The van der Waals surface area contributed by atoms with Crippen molar-refractivity contribution in [2.75, 3.05) is 6.26 Å². The lowest BCUT2D eigenvalue weighted by molar-refractivity contribution is -0.118. The third-order valence-electron chi connectivity index (χ3n) is 1.15. The molecular weight excluding hydrogens is 194 g/mol. The first-order valence-electron chi connectivity index (χ1n) is 3.70. The highest BCUT2D eigenvalue weighted by molar-refractivity contribution is 7.86. The quantitative estimate of drug-likeness (QED) is 0.391. The molecule has 0 bridgehead atoms. The summed E-state index contributed by atoms with van der Waals surface area (Å²) in [5.41, 5.74) is 0. The SMILES string of the molecule is C=CC(=O)NC(CC)OS(C)(=O)=O. The Bertz CT molecular complexity index is 283. The normalized spacial score (nSPS) is 13.4. The second-order valence-electron chi connectivity index (χ2n) is 2.41. The number of amides is 1. The molecular formula is C7H13NO4S. The number of hydrogen-bond donors (Lipinski definition) is 1. The molecule has 1 unspecified atom stereocenters. The molecule has 0 radical (unpaired) electrons. The van der Waals surface area contributed by atoms with Crippen LogP contribution < -0.4 is 5.32 Å². The second-order valence-corrected chi connectivity index (χ2v) is 4.01. The Kier molecular flexibility index (Phi) is 4.64. The Balaban J connectivity index is 4.20. The molecule has 0 aromatic carbocycles. The average Bonchev–Trinajstić information content (AvgIpc) is 2.00. The Hall–Kier alpha value is -0.880. The molecule has 0 aliphatic rings. The minimum Gasteiger partial charge on any atom is -0.326 e. The predicted molar refractivity (Wildman–Crippen MR) is 48.3 cm³/mol. The van der Waals surface area contributed by atoms with Gasteiger partial charge in [-0.15, -0.1) is 0 Å². The van der Waals surface area contributed by atoms with E-state index in [1.54, 1.807) is 6.92 Å². The van der Waals surface area contributed by atoms with Crippen LogP contribution in [-0.4, -0.2) is 26.8 Å². The zero-order chi connectivity index (χ0) is 10.5. The lowest BCUT2D eigenvalue weighted by Gasteiger charge is -2.14. The fourth-order valence-electron chi connectivity index (χ4n) is 0.623. The van der Waals surface area contributed by atoms with Crippen molar-refractivity contribution in [3.05, 3.63) is 12.7 Å². The van der Waals surface area contributed by atoms with E-state index in [1.807, 2.05) is 0 Å². The molecule has 0 rings (SSSR count). The van der Waals surface area contributed by atoms with Crippen molar-refractivity contribution in [2.45, 2.75) is 19.6 Å². The van der Waals surface area contributed by atoms with E-state index >= 15 is 0 Å². The van der Waals surface area contributed by atoms with Crippen LogP contribution in [0.5, 0.6) is 0 Å². The largest absolute Gasteiger partial charge is 0.326 e. The summed E-state index contributed by atoms with van der Waals surface area (Å²) in [7, 11) is -3.54. The molecule has 0 aliphatic heterocycles. The summed E-state index contributed by atoms with van der Waals surface area (Å²) in [5, 5.41) is 2.31. The van der Waals surface area contributed by atoms with Crippen LogP contribution in [0.2, 0.25) is 0 Å². The highest BCUT2D eigenvalue weighted by Crippen LogP contribution is 1.98. The minimum absolute atomic E-state index is 0.368. The zero-order valence-electron chi connectivity index (χ0n) is 7.61. The monoisotopic (exact) mass is 207 g/mol. The average molecular weight is 207 g/mol. The third kappa shape index (κ3) is 6.30. The van der Waals surface area contributed by atoms with Gasteiger partial charge >= 0.3 is 0 Å². The van der Waals surface area contributed by atoms with Gasteiger partial charge in [0.15, 0.2) is 0 Å². The summed E-state index contributed by atoms with van der Waals surface area (Å²) in [6.07, 6.45) is 1.52. The van der Waals surface area contributed by atoms with Gasteiger partial charge in [0.2, 0.25) is 5.91 Å². The molecule has 1 N–H and O–H groups in total. The molecule has 0 heterocycles. The van der Waals surface area contributed by atoms with Gasteiger partial charge in [-0.1, -0.05) is 13.5 Å². The molecule has 1 amide bonds. The smallest absolute Gasteiger partial charge is 0.266 e. The molecule has 0 aromatic rings. The van der Waals surface area contributed by atoms with Crippen LogP contribution >= 0.6 is 0 Å². The summed E-state index contributed by atoms with van der Waals surface area (Å²) >= 11 is 0. The minimum atomic E-state index is -3.54. The van der Waals surface area contributed by atoms with E-state index in [4.69, 9.17) is 0 Å². The maximum atomic E-state index is 10.8. The molecule has 0 fully saturated rings. The highest BCUT2D eigenvalue weighted by atomic mass is 32.2. The van der Waals surface area contributed by atoms with Crippen molar-refractivity contribution in [3.63, 3.8) is 0 Å². The van der Waals surface area contributed by atoms with Crippen molar-refractivity contribution in [1.29, 1.82) is 0 Å². The zero-order valence-corrected chi connectivity index (χ0v) is 8.43. The Labute approximate surface area is 77.9 Å². The molecule has 13 heavy (non-hydrogen) atoms. The maximum absolute atomic E-state index is 10.8. The first-order chi connectivity index (χ1) is 5.89. The van der Waals surface area contributed by atoms with Crippen molar-refractivity contribution in [3.8, 4) is 0 Å². The van der Waals surface area contributed by atoms with Crippen molar-refractivity contribution in [2.24, 2.45) is 0 Å². The third-order valence-corrected chi connectivity index (χ3v) is 1.73. The Morgan fingerprint density at radius 3 is 2.54 bits per heavy atom. The van der Waals surface area contributed by atoms with Crippen LogP contribution in [0.25, 0.3) is 0 Å². The van der Waals surface area contributed by atoms with Crippen LogP contribution in [0.3, 0.4) is 0 Å². The topological polar surface area (TPSA) is 72.5 Å². The highest BCUT2D eigenvalue weighted by Gasteiger charge is 2.14. The number of hydrogen-bond acceptors (Lipinski definition) is 4. The standard InChI is InChI=1S/C7H13NO4S/c1-4-6(9)8-7(5-2)12-13(3,10)11/h4,7H,1,5H2,2-3H3,(H,8,9). The maximum Gasteiger partial charge on any atom is 0.266 e. The van der Waals surface area contributed by atoms with E-state index < -0.39 is 22.3 Å². The molecule has 5 nitrogen and oxygen atoms in total. The molecule has 0 spiro atoms. The van der Waals surface area contributed by atoms with Crippen molar-refractivity contribution < 1.29 is 17.4 Å². The van der Waals surface area contributed by atoms with Gasteiger partial charge in [-0.3, -0.25) is 4.79 Å². The van der Waals surface area contributed by atoms with Crippen molar-refractivity contribution in [1.82, 2.24) is 5.32 Å². The van der Waals surface area contributed by atoms with E-state index in [2.05, 4.69) is 16.1 Å². The van der Waals surface area contributed by atoms with Gasteiger partial charge in [-0.25, -0.2) is 4.18 Å². The molecule has 76 valence electrons. The Morgan fingerprint density at radius 2 is 2.23 bits per heavy atom. The van der Waals surface area contributed by atoms with Crippen molar-refractivity contribution >= 4 is 16.0 Å². The van der Waals surface area contributed by atoms with Gasteiger partial charge < -0.3 is 5.32 Å². The number of carbonyl (C=O) groups is 1. The predicted octanol–water partition coefficient (Wildman–Crippen LogP) is 0.000900. The summed E-state index contributed by atoms with van der Waals surface area (Å²) in [6.45, 7) is 4.92. The van der Waals surface area contributed by atoms with Gasteiger partial charge in [0, 0.05) is 0 Å². The molecule has 6 heteroatoms. The molecule has 0 aliphatic carbocycles. The summed E-state index contributed by atoms with van der Waals surface area (Å²) in [4.78, 5) is 10.8. The van der Waals surface area contributed by atoms with Crippen LogP contribution in [0.4, 0.5) is 0 Å². The fraction of sp³-hybridized carbons (Fsp3) is 0.571. The van der Waals surface area contributed by atoms with E-state index in [0.717, 1.165) is 12.3 Å². The molecule has 0 saturated heterocycles. The summed E-state index contributed by atoms with van der Waals surface area (Å²) in [6, 6.07) is 0. The van der Waals surface area contributed by atoms with Gasteiger partial charge in [-0.2, -0.15) is 8.42 Å². The second kappa shape index (κ2) is 4.98. The van der Waals surface area contributed by atoms with E-state index in [-0.39, 0.29) is 0 Å².